The Morgan fingerprint density at radius 2 is 2.36 bits per heavy atom. The van der Waals surface area contributed by atoms with E-state index in [9.17, 15) is 4.79 Å². The molecule has 0 aliphatic carbocycles. The van der Waals surface area contributed by atoms with Gasteiger partial charge in [-0.25, -0.2) is 0 Å². The first-order valence-electron chi connectivity index (χ1n) is 3.52. The van der Waals surface area contributed by atoms with E-state index < -0.39 is 0 Å². The van der Waals surface area contributed by atoms with Crippen LogP contribution < -0.4 is 5.32 Å². The van der Waals surface area contributed by atoms with Gasteiger partial charge in [-0.15, -0.1) is 0 Å². The van der Waals surface area contributed by atoms with Crippen LogP contribution in [0, 0.1) is 5.92 Å². The first-order chi connectivity index (χ1) is 5.20. The second-order valence-electron chi connectivity index (χ2n) is 2.50. The van der Waals surface area contributed by atoms with E-state index in [1.54, 1.807) is 11.8 Å². The van der Waals surface area contributed by atoms with Crippen molar-refractivity contribution in [2.75, 3.05) is 23.9 Å². The van der Waals surface area contributed by atoms with Crippen molar-refractivity contribution >= 4 is 33.6 Å². The van der Waals surface area contributed by atoms with Gasteiger partial charge < -0.3 is 5.32 Å². The number of hydrogen-bond acceptors (Lipinski definition) is 2. The Hall–Kier alpha value is 0.300. The maximum absolute atomic E-state index is 10.8. The zero-order chi connectivity index (χ0) is 8.69. The van der Waals surface area contributed by atoms with E-state index in [0.717, 1.165) is 12.3 Å². The highest BCUT2D eigenvalue weighted by Gasteiger charge is 2.02. The fourth-order valence-electron chi connectivity index (χ4n) is 0.679. The van der Waals surface area contributed by atoms with Gasteiger partial charge in [-0.05, 0) is 17.9 Å². The molecule has 0 aliphatic heterocycles. The van der Waals surface area contributed by atoms with Crippen LogP contribution >= 0.6 is 27.7 Å². The zero-order valence-electron chi connectivity index (χ0n) is 6.89. The lowest BCUT2D eigenvalue weighted by molar-refractivity contribution is -0.118. The Labute approximate surface area is 80.6 Å². The van der Waals surface area contributed by atoms with E-state index in [1.807, 2.05) is 0 Å². The molecular weight excluding hydrogens is 226 g/mol. The molecule has 66 valence electrons. The van der Waals surface area contributed by atoms with Crippen LogP contribution in [0.3, 0.4) is 0 Å². The second kappa shape index (κ2) is 6.98. The minimum absolute atomic E-state index is 0.0675. The van der Waals surface area contributed by atoms with E-state index in [0.29, 0.717) is 11.2 Å². The quantitative estimate of drug-likeness (QED) is 0.738. The van der Waals surface area contributed by atoms with Gasteiger partial charge in [0.1, 0.15) is 0 Å². The predicted octanol–water partition coefficient (Wildman–Crippen LogP) is 1.50. The molecule has 1 amide bonds. The van der Waals surface area contributed by atoms with Gasteiger partial charge in [0, 0.05) is 6.54 Å². The minimum Gasteiger partial charge on any atom is -0.355 e. The molecule has 0 radical (unpaired) electrons. The molecule has 1 unspecified atom stereocenters. The van der Waals surface area contributed by atoms with Crippen molar-refractivity contribution in [2.24, 2.45) is 5.92 Å². The number of hydrogen-bond donors (Lipinski definition) is 1. The average molecular weight is 240 g/mol. The fraction of sp³-hybridized carbons (Fsp3) is 0.857. The molecule has 2 nitrogen and oxygen atoms in total. The molecule has 0 saturated carbocycles. The minimum atomic E-state index is 0.0675. The Morgan fingerprint density at radius 3 is 2.82 bits per heavy atom. The molecule has 0 heterocycles. The third kappa shape index (κ3) is 6.69. The molecule has 0 aromatic rings. The summed E-state index contributed by atoms with van der Waals surface area (Å²) in [5.74, 6) is 1.73. The van der Waals surface area contributed by atoms with E-state index in [4.69, 9.17) is 0 Å². The molecule has 1 atom stereocenters. The first kappa shape index (κ1) is 11.3. The highest BCUT2D eigenvalue weighted by Crippen LogP contribution is 2.02. The average Bonchev–Trinajstić information content (AvgIpc) is 2.01. The van der Waals surface area contributed by atoms with Crippen LogP contribution in [0.4, 0.5) is 0 Å². The summed E-state index contributed by atoms with van der Waals surface area (Å²) >= 11 is 4.89. The summed E-state index contributed by atoms with van der Waals surface area (Å²) in [4.78, 5) is 10.8. The van der Waals surface area contributed by atoms with Crippen molar-refractivity contribution in [1.29, 1.82) is 0 Å². The molecule has 0 spiro atoms. The molecule has 0 fully saturated rings. The Bertz CT molecular complexity index is 121. The summed E-state index contributed by atoms with van der Waals surface area (Å²) in [5, 5.41) is 3.22. The smallest absolute Gasteiger partial charge is 0.230 e. The van der Waals surface area contributed by atoms with Gasteiger partial charge in [-0.1, -0.05) is 22.9 Å². The molecule has 0 aromatic heterocycles. The zero-order valence-corrected chi connectivity index (χ0v) is 9.30. The lowest BCUT2D eigenvalue weighted by atomic mass is 10.2. The number of nitrogens with one attached hydrogen (secondary N) is 1. The third-order valence-electron chi connectivity index (χ3n) is 1.22. The van der Waals surface area contributed by atoms with Crippen LogP contribution in [0.25, 0.3) is 0 Å². The fourth-order valence-corrected chi connectivity index (χ4v) is 1.56. The summed E-state index contributed by atoms with van der Waals surface area (Å²) in [6.45, 7) is 2.91. The maximum Gasteiger partial charge on any atom is 0.230 e. The van der Waals surface area contributed by atoms with Crippen molar-refractivity contribution in [3.8, 4) is 0 Å². The van der Waals surface area contributed by atoms with Crippen LogP contribution in [0.1, 0.15) is 6.92 Å². The number of rotatable bonds is 5. The lowest BCUT2D eigenvalue weighted by Gasteiger charge is -2.09. The van der Waals surface area contributed by atoms with Gasteiger partial charge >= 0.3 is 0 Å². The summed E-state index contributed by atoms with van der Waals surface area (Å²) in [5.41, 5.74) is 0. The first-order valence-corrected chi connectivity index (χ1v) is 6.03. The summed E-state index contributed by atoms with van der Waals surface area (Å²) < 4.78 is 0. The van der Waals surface area contributed by atoms with E-state index in [2.05, 4.69) is 34.4 Å². The van der Waals surface area contributed by atoms with Crippen molar-refractivity contribution in [3.63, 3.8) is 0 Å². The molecule has 0 aromatic carbocycles. The number of halogens is 1. The molecule has 0 saturated heterocycles. The predicted molar refractivity (Wildman–Crippen MR) is 54.3 cm³/mol. The number of thioether (sulfide) groups is 1. The number of carbonyl (C=O) groups is 1. The Kier molecular flexibility index (Phi) is 7.17. The molecule has 0 aliphatic rings. The van der Waals surface area contributed by atoms with Crippen molar-refractivity contribution in [2.45, 2.75) is 6.92 Å². The second-order valence-corrected chi connectivity index (χ2v) is 3.97. The summed E-state index contributed by atoms with van der Waals surface area (Å²) in [6.07, 6.45) is 2.07. The van der Waals surface area contributed by atoms with Crippen molar-refractivity contribution < 1.29 is 4.79 Å². The largest absolute Gasteiger partial charge is 0.355 e. The normalized spacial score (nSPS) is 12.6. The number of amides is 1. The lowest BCUT2D eigenvalue weighted by Crippen LogP contribution is -2.29. The molecule has 11 heavy (non-hydrogen) atoms. The maximum atomic E-state index is 10.8. The van der Waals surface area contributed by atoms with Gasteiger partial charge in [0.25, 0.3) is 0 Å². The van der Waals surface area contributed by atoms with Crippen LogP contribution in [-0.4, -0.2) is 29.8 Å². The van der Waals surface area contributed by atoms with Crippen LogP contribution in [0.15, 0.2) is 0 Å². The molecular formula is C7H14BrNOS. The summed E-state index contributed by atoms with van der Waals surface area (Å²) in [7, 11) is 0. The van der Waals surface area contributed by atoms with Gasteiger partial charge in [-0.2, -0.15) is 11.8 Å². The SMILES string of the molecule is CSCC(C)CNC(=O)CBr. The molecule has 1 N–H and O–H groups in total. The van der Waals surface area contributed by atoms with Gasteiger partial charge in [0.15, 0.2) is 0 Å². The van der Waals surface area contributed by atoms with Gasteiger partial charge in [-0.3, -0.25) is 4.79 Å². The van der Waals surface area contributed by atoms with Crippen LogP contribution in [0.5, 0.6) is 0 Å². The number of alkyl halides is 1. The highest BCUT2D eigenvalue weighted by molar-refractivity contribution is 9.09. The highest BCUT2D eigenvalue weighted by atomic mass is 79.9. The van der Waals surface area contributed by atoms with E-state index >= 15 is 0 Å². The van der Waals surface area contributed by atoms with Gasteiger partial charge in [0.05, 0.1) is 5.33 Å². The molecule has 0 rings (SSSR count). The van der Waals surface area contributed by atoms with Gasteiger partial charge in [0.2, 0.25) is 5.91 Å². The topological polar surface area (TPSA) is 29.1 Å². The van der Waals surface area contributed by atoms with Crippen LogP contribution in [-0.2, 0) is 4.79 Å². The van der Waals surface area contributed by atoms with E-state index in [-0.39, 0.29) is 5.91 Å². The van der Waals surface area contributed by atoms with Crippen LogP contribution in [0.2, 0.25) is 0 Å². The molecule has 4 heteroatoms. The molecule has 0 bridgehead atoms. The Morgan fingerprint density at radius 1 is 1.73 bits per heavy atom. The van der Waals surface area contributed by atoms with Crippen molar-refractivity contribution in [1.82, 2.24) is 5.32 Å². The number of carbonyl (C=O) groups excluding carboxylic acids is 1. The Balaban J connectivity index is 3.29. The van der Waals surface area contributed by atoms with Crippen molar-refractivity contribution in [3.05, 3.63) is 0 Å². The third-order valence-corrected chi connectivity index (χ3v) is 2.63. The van der Waals surface area contributed by atoms with E-state index in [1.165, 1.54) is 0 Å². The summed E-state index contributed by atoms with van der Waals surface area (Å²) in [6, 6.07) is 0. The monoisotopic (exact) mass is 239 g/mol. The standard InChI is InChI=1S/C7H14BrNOS/c1-6(5-11-2)4-9-7(10)3-8/h6H,3-5H2,1-2H3,(H,9,10).